The Morgan fingerprint density at radius 2 is 1.91 bits per heavy atom. The minimum absolute atomic E-state index is 0.0275. The summed E-state index contributed by atoms with van der Waals surface area (Å²) in [6, 6.07) is 11.1. The second kappa shape index (κ2) is 10.3. The summed E-state index contributed by atoms with van der Waals surface area (Å²) in [5.41, 5.74) is 0.967. The van der Waals surface area contributed by atoms with Crippen molar-refractivity contribution in [1.82, 2.24) is 19.7 Å². The Kier molecular flexibility index (Phi) is 7.73. The second-order valence-electron chi connectivity index (χ2n) is 7.05. The van der Waals surface area contributed by atoms with Gasteiger partial charge in [-0.1, -0.05) is 35.0 Å². The molecule has 1 atom stereocenters. The fraction of sp³-hybridized carbons (Fsp3) is 0.250. The molecule has 1 amide bonds. The van der Waals surface area contributed by atoms with Crippen LogP contribution in [0.25, 0.3) is 5.69 Å². The van der Waals surface area contributed by atoms with Crippen LogP contribution >= 0.6 is 35.0 Å². The first kappa shape index (κ1) is 24.0. The van der Waals surface area contributed by atoms with Crippen molar-refractivity contribution >= 4 is 52.2 Å². The Morgan fingerprint density at radius 3 is 2.50 bits per heavy atom. The summed E-state index contributed by atoms with van der Waals surface area (Å²) in [4.78, 5) is 24.8. The maximum atomic E-state index is 12.5. The quantitative estimate of drug-likeness (QED) is 0.271. The summed E-state index contributed by atoms with van der Waals surface area (Å²) in [5.74, 6) is 0.423. The molecule has 3 rings (SSSR count). The van der Waals surface area contributed by atoms with Crippen molar-refractivity contribution in [3.05, 3.63) is 68.4 Å². The number of non-ortho nitro benzene ring substituents is 1. The van der Waals surface area contributed by atoms with Gasteiger partial charge in [-0.3, -0.25) is 24.4 Å². The molecule has 0 aliphatic rings. The van der Waals surface area contributed by atoms with Crippen molar-refractivity contribution in [3.8, 4) is 5.69 Å². The van der Waals surface area contributed by atoms with Crippen LogP contribution in [0.3, 0.4) is 0 Å². The van der Waals surface area contributed by atoms with Crippen LogP contribution in [0.4, 0.5) is 11.4 Å². The number of hydrogen-bond donors (Lipinski definition) is 1. The van der Waals surface area contributed by atoms with E-state index in [1.807, 2.05) is 42.6 Å². The predicted molar refractivity (Wildman–Crippen MR) is 126 cm³/mol. The van der Waals surface area contributed by atoms with Crippen molar-refractivity contribution in [1.29, 1.82) is 0 Å². The van der Waals surface area contributed by atoms with Crippen LogP contribution < -0.4 is 5.32 Å². The van der Waals surface area contributed by atoms with E-state index < -0.39 is 4.92 Å². The maximum absolute atomic E-state index is 12.5. The molecule has 168 valence electrons. The average Bonchev–Trinajstić information content (AvgIpc) is 3.17. The lowest BCUT2D eigenvalue weighted by Crippen LogP contribution is -2.21. The highest BCUT2D eigenvalue weighted by molar-refractivity contribution is 7.99. The van der Waals surface area contributed by atoms with Crippen molar-refractivity contribution < 1.29 is 9.72 Å². The van der Waals surface area contributed by atoms with E-state index in [0.717, 1.165) is 11.5 Å². The number of carbonyl (C=O) groups is 1. The Balaban J connectivity index is 1.79. The molecule has 12 heteroatoms. The third-order valence-electron chi connectivity index (χ3n) is 4.66. The number of nitro groups is 1. The zero-order chi connectivity index (χ0) is 23.4. The number of carbonyl (C=O) groups excluding carboxylic acids is 1. The van der Waals surface area contributed by atoms with Crippen LogP contribution in [0.5, 0.6) is 0 Å². The SMILES string of the molecule is CC(c1nnc(SCC(=O)Nc2ccc([N+](=O)[O-])cc2Cl)n1-c1ccc(Cl)cc1)N(C)C. The topological polar surface area (TPSA) is 106 Å². The molecule has 9 nitrogen and oxygen atoms in total. The first-order valence-electron chi connectivity index (χ1n) is 9.41. The number of nitro benzene ring substituents is 1. The molecule has 0 aliphatic heterocycles. The van der Waals surface area contributed by atoms with E-state index >= 15 is 0 Å². The summed E-state index contributed by atoms with van der Waals surface area (Å²) >= 11 is 13.3. The van der Waals surface area contributed by atoms with E-state index in [1.165, 1.54) is 30.0 Å². The van der Waals surface area contributed by atoms with E-state index in [0.29, 0.717) is 15.9 Å². The molecule has 0 bridgehead atoms. The standard InChI is InChI=1S/C20H20Cl2N6O3S/c1-12(26(2)3)19-24-25-20(27(19)14-6-4-13(21)5-7-14)32-11-18(29)23-17-9-8-15(28(30)31)10-16(17)22/h4-10,12H,11H2,1-3H3,(H,23,29). The van der Waals surface area contributed by atoms with Gasteiger partial charge in [0.25, 0.3) is 5.69 Å². The molecular weight excluding hydrogens is 475 g/mol. The van der Waals surface area contributed by atoms with Gasteiger partial charge in [-0.15, -0.1) is 10.2 Å². The Labute approximate surface area is 198 Å². The zero-order valence-corrected chi connectivity index (χ0v) is 19.8. The number of thioether (sulfide) groups is 1. The number of nitrogens with zero attached hydrogens (tertiary/aromatic N) is 5. The van der Waals surface area contributed by atoms with Gasteiger partial charge in [-0.25, -0.2) is 0 Å². The predicted octanol–water partition coefficient (Wildman–Crippen LogP) is 4.84. The van der Waals surface area contributed by atoms with Crippen molar-refractivity contribution in [2.75, 3.05) is 25.2 Å². The minimum Gasteiger partial charge on any atom is -0.324 e. The third-order valence-corrected chi connectivity index (χ3v) is 6.16. The Hall–Kier alpha value is -2.66. The van der Waals surface area contributed by atoms with Crippen LogP contribution in [0.1, 0.15) is 18.8 Å². The van der Waals surface area contributed by atoms with Gasteiger partial charge in [0.1, 0.15) is 0 Å². The molecule has 1 aromatic heterocycles. The van der Waals surface area contributed by atoms with E-state index in [2.05, 4.69) is 15.5 Å². The van der Waals surface area contributed by atoms with Gasteiger partial charge in [-0.2, -0.15) is 0 Å². The second-order valence-corrected chi connectivity index (χ2v) is 8.84. The van der Waals surface area contributed by atoms with Gasteiger partial charge in [0, 0.05) is 22.8 Å². The highest BCUT2D eigenvalue weighted by Crippen LogP contribution is 2.29. The van der Waals surface area contributed by atoms with E-state index in [4.69, 9.17) is 23.2 Å². The smallest absolute Gasteiger partial charge is 0.271 e. The molecule has 32 heavy (non-hydrogen) atoms. The number of amides is 1. The minimum atomic E-state index is -0.552. The van der Waals surface area contributed by atoms with Gasteiger partial charge in [-0.05, 0) is 51.4 Å². The van der Waals surface area contributed by atoms with E-state index in [9.17, 15) is 14.9 Å². The van der Waals surface area contributed by atoms with Crippen LogP contribution in [0.15, 0.2) is 47.6 Å². The molecule has 2 aromatic carbocycles. The fourth-order valence-corrected chi connectivity index (χ4v) is 3.85. The summed E-state index contributed by atoms with van der Waals surface area (Å²) in [7, 11) is 3.89. The van der Waals surface area contributed by atoms with Crippen molar-refractivity contribution in [2.45, 2.75) is 18.1 Å². The molecule has 0 fully saturated rings. The van der Waals surface area contributed by atoms with Crippen molar-refractivity contribution in [3.63, 3.8) is 0 Å². The van der Waals surface area contributed by atoms with Gasteiger partial charge >= 0.3 is 0 Å². The molecular formula is C20H20Cl2N6O3S. The van der Waals surface area contributed by atoms with Crippen LogP contribution in [0.2, 0.25) is 10.0 Å². The molecule has 0 saturated carbocycles. The molecule has 0 radical (unpaired) electrons. The van der Waals surface area contributed by atoms with E-state index in [1.54, 1.807) is 12.1 Å². The van der Waals surface area contributed by atoms with Gasteiger partial charge < -0.3 is 5.32 Å². The Bertz CT molecular complexity index is 1140. The summed E-state index contributed by atoms with van der Waals surface area (Å²) < 4.78 is 1.89. The molecule has 3 aromatic rings. The molecule has 1 N–H and O–H groups in total. The van der Waals surface area contributed by atoms with Crippen LogP contribution in [-0.4, -0.2) is 50.3 Å². The molecule has 1 heterocycles. The number of hydrogen-bond acceptors (Lipinski definition) is 7. The third kappa shape index (κ3) is 5.57. The lowest BCUT2D eigenvalue weighted by molar-refractivity contribution is -0.384. The number of benzene rings is 2. The highest BCUT2D eigenvalue weighted by atomic mass is 35.5. The largest absolute Gasteiger partial charge is 0.324 e. The average molecular weight is 495 g/mol. The fourth-order valence-electron chi connectivity index (χ4n) is 2.74. The molecule has 0 spiro atoms. The number of aromatic nitrogens is 3. The normalized spacial score (nSPS) is 12.1. The van der Waals surface area contributed by atoms with Gasteiger partial charge in [0.2, 0.25) is 5.91 Å². The van der Waals surface area contributed by atoms with Crippen LogP contribution in [0, 0.1) is 10.1 Å². The lowest BCUT2D eigenvalue weighted by Gasteiger charge is -2.20. The zero-order valence-electron chi connectivity index (χ0n) is 17.5. The monoisotopic (exact) mass is 494 g/mol. The number of halogens is 2. The summed E-state index contributed by atoms with van der Waals surface area (Å²) in [6.45, 7) is 2.01. The summed E-state index contributed by atoms with van der Waals surface area (Å²) in [5, 5.41) is 23.4. The van der Waals surface area contributed by atoms with E-state index in [-0.39, 0.29) is 28.4 Å². The van der Waals surface area contributed by atoms with Crippen molar-refractivity contribution in [2.24, 2.45) is 0 Å². The first-order valence-corrected chi connectivity index (χ1v) is 11.2. The number of nitrogens with one attached hydrogen (secondary N) is 1. The van der Waals surface area contributed by atoms with Crippen LogP contribution in [-0.2, 0) is 4.79 Å². The Morgan fingerprint density at radius 1 is 1.22 bits per heavy atom. The van der Waals surface area contributed by atoms with Gasteiger partial charge in [0.05, 0.1) is 27.4 Å². The summed E-state index contributed by atoms with van der Waals surface area (Å²) in [6.07, 6.45) is 0. The maximum Gasteiger partial charge on any atom is 0.271 e. The highest BCUT2D eigenvalue weighted by Gasteiger charge is 2.22. The molecule has 0 aliphatic carbocycles. The van der Waals surface area contributed by atoms with Gasteiger partial charge in [0.15, 0.2) is 11.0 Å². The molecule has 0 saturated heterocycles. The lowest BCUT2D eigenvalue weighted by atomic mass is 10.2. The first-order chi connectivity index (χ1) is 15.2. The number of rotatable bonds is 8. The molecule has 1 unspecified atom stereocenters. The number of anilines is 1.